The Hall–Kier alpha value is -1.88. The summed E-state index contributed by atoms with van der Waals surface area (Å²) in [6, 6.07) is 10.9. The zero-order valence-corrected chi connectivity index (χ0v) is 13.8. The maximum absolute atomic E-state index is 12.8. The van der Waals surface area contributed by atoms with Crippen molar-refractivity contribution in [3.63, 3.8) is 0 Å². The summed E-state index contributed by atoms with van der Waals surface area (Å²) in [5, 5.41) is 0. The molecule has 0 spiro atoms. The second kappa shape index (κ2) is 6.72. The number of methoxy groups -OCH3 is 1. The summed E-state index contributed by atoms with van der Waals surface area (Å²) in [7, 11) is 1.58. The lowest BCUT2D eigenvalue weighted by Gasteiger charge is -2.10. The molecule has 1 aromatic heterocycles. The minimum Gasteiger partial charge on any atom is -0.497 e. The largest absolute Gasteiger partial charge is 0.497 e. The van der Waals surface area contributed by atoms with E-state index in [1.165, 1.54) is 0 Å². The van der Waals surface area contributed by atoms with E-state index in [-0.39, 0.29) is 11.9 Å². The molecule has 4 nitrogen and oxygen atoms in total. The highest BCUT2D eigenvalue weighted by atomic mass is 79.9. The monoisotopic (exact) mass is 348 g/mol. The van der Waals surface area contributed by atoms with Crippen molar-refractivity contribution < 1.29 is 9.53 Å². The number of carbonyl (C=O) groups excluding carboxylic acids is 1. The van der Waals surface area contributed by atoms with Crippen molar-refractivity contribution in [1.29, 1.82) is 0 Å². The molecule has 1 aromatic carbocycles. The first-order chi connectivity index (χ1) is 10.0. The quantitative estimate of drug-likeness (QED) is 0.854. The van der Waals surface area contributed by atoms with Gasteiger partial charge in [0.15, 0.2) is 0 Å². The molecule has 0 saturated carbocycles. The molecule has 2 rings (SSSR count). The van der Waals surface area contributed by atoms with Crippen molar-refractivity contribution in [2.75, 3.05) is 7.11 Å². The summed E-state index contributed by atoms with van der Waals surface area (Å²) in [5.74, 6) is 0.487. The highest BCUT2D eigenvalue weighted by molar-refractivity contribution is 9.10. The van der Waals surface area contributed by atoms with Crippen LogP contribution in [0.3, 0.4) is 0 Å². The molecule has 0 aliphatic rings. The molecule has 0 radical (unpaired) electrons. The summed E-state index contributed by atoms with van der Waals surface area (Å²) in [6.45, 7) is 3.95. The molecule has 110 valence electrons. The number of hydrogen-bond acceptors (Lipinski definition) is 3. The Balaban J connectivity index is 2.56. The molecule has 0 N–H and O–H groups in total. The first-order valence-corrected chi connectivity index (χ1v) is 7.42. The molecule has 21 heavy (non-hydrogen) atoms. The fraction of sp³-hybridized carbons (Fsp3) is 0.250. The maximum atomic E-state index is 12.8. The van der Waals surface area contributed by atoms with Gasteiger partial charge in [-0.05, 0) is 60.1 Å². The standard InChI is InChI=1S/C16H17BrN2O2/c1-11(2)18-15-6-4-5-9-19(15)16(20)13-10-12(21-3)7-8-14(13)17/h4-11H,1-3H3. The number of carbonyl (C=O) groups is 1. The number of halogens is 1. The van der Waals surface area contributed by atoms with Crippen LogP contribution < -0.4 is 10.2 Å². The van der Waals surface area contributed by atoms with Crippen LogP contribution in [0.15, 0.2) is 52.1 Å². The van der Waals surface area contributed by atoms with Gasteiger partial charge >= 0.3 is 0 Å². The Morgan fingerprint density at radius 2 is 2.05 bits per heavy atom. The molecular formula is C16H17BrN2O2. The average Bonchev–Trinajstić information content (AvgIpc) is 2.47. The molecule has 0 atom stereocenters. The molecule has 0 bridgehead atoms. The van der Waals surface area contributed by atoms with Gasteiger partial charge in [-0.1, -0.05) is 6.07 Å². The highest BCUT2D eigenvalue weighted by Crippen LogP contribution is 2.23. The molecule has 1 heterocycles. The van der Waals surface area contributed by atoms with E-state index in [9.17, 15) is 4.79 Å². The summed E-state index contributed by atoms with van der Waals surface area (Å²) < 4.78 is 7.45. The number of rotatable bonds is 3. The fourth-order valence-electron chi connectivity index (χ4n) is 1.90. The zero-order chi connectivity index (χ0) is 15.4. The van der Waals surface area contributed by atoms with Crippen LogP contribution >= 0.6 is 15.9 Å². The molecule has 0 aliphatic heterocycles. The van der Waals surface area contributed by atoms with E-state index in [4.69, 9.17) is 4.74 Å². The van der Waals surface area contributed by atoms with Crippen LogP contribution in [0.2, 0.25) is 0 Å². The second-order valence-corrected chi connectivity index (χ2v) is 5.66. The Kier molecular flexibility index (Phi) is 4.96. The molecule has 0 aliphatic carbocycles. The van der Waals surface area contributed by atoms with E-state index in [2.05, 4.69) is 20.9 Å². The van der Waals surface area contributed by atoms with E-state index >= 15 is 0 Å². The topological polar surface area (TPSA) is 43.6 Å². The number of hydrogen-bond donors (Lipinski definition) is 0. The number of aromatic nitrogens is 1. The van der Waals surface area contributed by atoms with Gasteiger partial charge in [-0.3, -0.25) is 14.4 Å². The molecule has 0 fully saturated rings. The lowest BCUT2D eigenvalue weighted by molar-refractivity contribution is 0.0953. The van der Waals surface area contributed by atoms with Crippen molar-refractivity contribution in [1.82, 2.24) is 4.57 Å². The van der Waals surface area contributed by atoms with Gasteiger partial charge in [0.05, 0.1) is 12.7 Å². The molecular weight excluding hydrogens is 332 g/mol. The first kappa shape index (κ1) is 15.5. The van der Waals surface area contributed by atoms with E-state index in [1.54, 1.807) is 36.1 Å². The average molecular weight is 349 g/mol. The number of nitrogens with zero attached hydrogens (tertiary/aromatic N) is 2. The minimum atomic E-state index is -0.152. The fourth-order valence-corrected chi connectivity index (χ4v) is 2.32. The van der Waals surface area contributed by atoms with Crippen LogP contribution in [0, 0.1) is 0 Å². The summed E-state index contributed by atoms with van der Waals surface area (Å²) in [6.07, 6.45) is 1.72. The molecule has 2 aromatic rings. The van der Waals surface area contributed by atoms with Crippen molar-refractivity contribution in [2.24, 2.45) is 4.99 Å². The van der Waals surface area contributed by atoms with Gasteiger partial charge in [-0.15, -0.1) is 0 Å². The van der Waals surface area contributed by atoms with E-state index in [0.717, 1.165) is 4.47 Å². The summed E-state index contributed by atoms with van der Waals surface area (Å²) in [5.41, 5.74) is 1.16. The van der Waals surface area contributed by atoms with E-state index in [1.807, 2.05) is 32.0 Å². The lowest BCUT2D eigenvalue weighted by atomic mass is 10.2. The van der Waals surface area contributed by atoms with Gasteiger partial charge in [0.2, 0.25) is 0 Å². The van der Waals surface area contributed by atoms with Gasteiger partial charge in [-0.25, -0.2) is 0 Å². The van der Waals surface area contributed by atoms with Crippen molar-refractivity contribution in [3.05, 3.63) is 58.1 Å². The van der Waals surface area contributed by atoms with Crippen molar-refractivity contribution >= 4 is 21.8 Å². The van der Waals surface area contributed by atoms with Crippen LogP contribution in [0.5, 0.6) is 5.75 Å². The van der Waals surface area contributed by atoms with Gasteiger partial charge in [0, 0.05) is 16.7 Å². The Morgan fingerprint density at radius 1 is 1.29 bits per heavy atom. The number of benzene rings is 1. The van der Waals surface area contributed by atoms with Gasteiger partial charge in [-0.2, -0.15) is 0 Å². The van der Waals surface area contributed by atoms with E-state index < -0.39 is 0 Å². The Bertz CT molecular complexity index is 720. The lowest BCUT2D eigenvalue weighted by Crippen LogP contribution is -2.28. The van der Waals surface area contributed by atoms with Crippen LogP contribution in [-0.2, 0) is 0 Å². The van der Waals surface area contributed by atoms with Crippen LogP contribution in [0.25, 0.3) is 0 Å². The normalized spacial score (nSPS) is 11.8. The van der Waals surface area contributed by atoms with Crippen LogP contribution in [0.4, 0.5) is 0 Å². The van der Waals surface area contributed by atoms with Crippen LogP contribution in [-0.4, -0.2) is 23.6 Å². The Morgan fingerprint density at radius 3 is 2.71 bits per heavy atom. The van der Waals surface area contributed by atoms with Crippen LogP contribution in [0.1, 0.15) is 24.2 Å². The predicted molar refractivity (Wildman–Crippen MR) is 85.6 cm³/mol. The van der Waals surface area contributed by atoms with Gasteiger partial charge < -0.3 is 4.74 Å². The number of ether oxygens (including phenoxy) is 1. The summed E-state index contributed by atoms with van der Waals surface area (Å²) in [4.78, 5) is 17.2. The molecule has 5 heteroatoms. The Labute approximate surface area is 132 Å². The van der Waals surface area contributed by atoms with E-state index in [0.29, 0.717) is 16.8 Å². The van der Waals surface area contributed by atoms with Crippen molar-refractivity contribution in [2.45, 2.75) is 19.9 Å². The summed E-state index contributed by atoms with van der Waals surface area (Å²) >= 11 is 3.41. The first-order valence-electron chi connectivity index (χ1n) is 6.62. The maximum Gasteiger partial charge on any atom is 0.264 e. The highest BCUT2D eigenvalue weighted by Gasteiger charge is 2.13. The smallest absolute Gasteiger partial charge is 0.264 e. The second-order valence-electron chi connectivity index (χ2n) is 4.80. The third-order valence-electron chi connectivity index (χ3n) is 2.85. The predicted octanol–water partition coefficient (Wildman–Crippen LogP) is 3.26. The molecule has 0 saturated heterocycles. The van der Waals surface area contributed by atoms with Gasteiger partial charge in [0.25, 0.3) is 5.91 Å². The van der Waals surface area contributed by atoms with Crippen molar-refractivity contribution in [3.8, 4) is 5.75 Å². The van der Waals surface area contributed by atoms with Gasteiger partial charge in [0.1, 0.15) is 11.2 Å². The number of pyridine rings is 1. The SMILES string of the molecule is COc1ccc(Br)c(C(=O)n2ccccc2=NC(C)C)c1. The molecule has 0 amide bonds. The minimum absolute atomic E-state index is 0.111. The zero-order valence-electron chi connectivity index (χ0n) is 12.2. The molecule has 0 unspecified atom stereocenters. The third-order valence-corrected chi connectivity index (χ3v) is 3.54. The third kappa shape index (κ3) is 3.61.